The fourth-order valence-electron chi connectivity index (χ4n) is 2.52. The molecule has 0 amide bonds. The molecule has 22 heavy (non-hydrogen) atoms. The van der Waals surface area contributed by atoms with Gasteiger partial charge < -0.3 is 14.5 Å². The Morgan fingerprint density at radius 2 is 2.09 bits per heavy atom. The minimum Gasteiger partial charge on any atom is -0.497 e. The number of benzene rings is 1. The fraction of sp³-hybridized carbons (Fsp3) is 0.357. The summed E-state index contributed by atoms with van der Waals surface area (Å²) in [6, 6.07) is 4.75. The topological polar surface area (TPSA) is 84.5 Å². The molecule has 7 nitrogen and oxygen atoms in total. The summed E-state index contributed by atoms with van der Waals surface area (Å²) >= 11 is 0. The molecular weight excluding hydrogens is 306 g/mol. The van der Waals surface area contributed by atoms with E-state index in [0.29, 0.717) is 24.5 Å². The number of aromatic nitrogens is 2. The van der Waals surface area contributed by atoms with Gasteiger partial charge in [-0.15, -0.1) is 0 Å². The zero-order valence-electron chi connectivity index (χ0n) is 12.4. The van der Waals surface area contributed by atoms with E-state index in [4.69, 9.17) is 9.47 Å². The Morgan fingerprint density at radius 3 is 2.82 bits per heavy atom. The standard InChI is InChI=1S/C14H17N3O4S/c1-20-10-3-4-13(21-2)14(7-10)22(18,19)17-6-5-11-12(8-17)16-9-15-11/h3-4,7,9H,5-6,8H2,1-2H3,(H,15,16). The third-order valence-corrected chi connectivity index (χ3v) is 5.59. The SMILES string of the molecule is COc1ccc(OC)c(S(=O)(=O)N2CCc3nc[nH]c3C2)c1. The number of sulfonamides is 1. The van der Waals surface area contributed by atoms with Crippen LogP contribution in [0.15, 0.2) is 29.4 Å². The van der Waals surface area contributed by atoms with Crippen molar-refractivity contribution in [1.29, 1.82) is 0 Å². The Morgan fingerprint density at radius 1 is 1.27 bits per heavy atom. The number of aromatic amines is 1. The summed E-state index contributed by atoms with van der Waals surface area (Å²) < 4.78 is 37.6. The molecule has 1 aromatic heterocycles. The first-order valence-electron chi connectivity index (χ1n) is 6.79. The monoisotopic (exact) mass is 323 g/mol. The van der Waals surface area contributed by atoms with Gasteiger partial charge in [-0.3, -0.25) is 0 Å². The molecule has 118 valence electrons. The third kappa shape index (κ3) is 2.44. The molecule has 1 aliphatic heterocycles. The van der Waals surface area contributed by atoms with Gasteiger partial charge in [-0.05, 0) is 12.1 Å². The largest absolute Gasteiger partial charge is 0.497 e. The molecule has 0 bridgehead atoms. The number of hydrogen-bond acceptors (Lipinski definition) is 5. The maximum Gasteiger partial charge on any atom is 0.247 e. The third-order valence-electron chi connectivity index (χ3n) is 3.73. The summed E-state index contributed by atoms with van der Waals surface area (Å²) in [4.78, 5) is 7.28. The molecule has 1 aliphatic rings. The van der Waals surface area contributed by atoms with Gasteiger partial charge in [-0.1, -0.05) is 0 Å². The van der Waals surface area contributed by atoms with Crippen molar-refractivity contribution >= 4 is 10.0 Å². The summed E-state index contributed by atoms with van der Waals surface area (Å²) in [5, 5.41) is 0. The predicted molar refractivity (Wildman–Crippen MR) is 79.4 cm³/mol. The van der Waals surface area contributed by atoms with Crippen molar-refractivity contribution < 1.29 is 17.9 Å². The van der Waals surface area contributed by atoms with Crippen LogP contribution in [0.3, 0.4) is 0 Å². The Kier molecular flexibility index (Phi) is 3.79. The van der Waals surface area contributed by atoms with E-state index in [2.05, 4.69) is 9.97 Å². The maximum absolute atomic E-state index is 12.9. The van der Waals surface area contributed by atoms with Crippen LogP contribution in [-0.2, 0) is 23.0 Å². The lowest BCUT2D eigenvalue weighted by atomic mass is 10.2. The highest BCUT2D eigenvalue weighted by Gasteiger charge is 2.32. The van der Waals surface area contributed by atoms with E-state index < -0.39 is 10.0 Å². The van der Waals surface area contributed by atoms with Crippen LogP contribution in [0.2, 0.25) is 0 Å². The smallest absolute Gasteiger partial charge is 0.247 e. The van der Waals surface area contributed by atoms with Gasteiger partial charge in [0.25, 0.3) is 0 Å². The van der Waals surface area contributed by atoms with E-state index in [1.54, 1.807) is 18.5 Å². The van der Waals surface area contributed by atoms with Gasteiger partial charge in [0, 0.05) is 19.0 Å². The van der Waals surface area contributed by atoms with Crippen LogP contribution < -0.4 is 9.47 Å². The van der Waals surface area contributed by atoms with E-state index in [9.17, 15) is 8.42 Å². The Balaban J connectivity index is 2.00. The number of rotatable bonds is 4. The fourth-order valence-corrected chi connectivity index (χ4v) is 4.10. The normalized spacial score (nSPS) is 15.4. The van der Waals surface area contributed by atoms with Crippen LogP contribution >= 0.6 is 0 Å². The van der Waals surface area contributed by atoms with E-state index in [1.807, 2.05) is 0 Å². The van der Waals surface area contributed by atoms with Crippen molar-refractivity contribution in [3.05, 3.63) is 35.9 Å². The molecule has 3 rings (SSSR count). The molecular formula is C14H17N3O4S. The Labute approximate surface area is 128 Å². The Hall–Kier alpha value is -2.06. The summed E-state index contributed by atoms with van der Waals surface area (Å²) in [6.07, 6.45) is 2.18. The van der Waals surface area contributed by atoms with E-state index >= 15 is 0 Å². The highest BCUT2D eigenvalue weighted by atomic mass is 32.2. The Bertz CT molecular complexity index is 785. The summed E-state index contributed by atoms with van der Waals surface area (Å²) in [6.45, 7) is 0.665. The number of H-pyrrole nitrogens is 1. The first-order chi connectivity index (χ1) is 10.6. The lowest BCUT2D eigenvalue weighted by molar-refractivity contribution is 0.370. The van der Waals surface area contributed by atoms with Crippen LogP contribution in [0, 0.1) is 0 Å². The molecule has 0 aliphatic carbocycles. The first kappa shape index (κ1) is 14.9. The number of methoxy groups -OCH3 is 2. The van der Waals surface area contributed by atoms with Gasteiger partial charge in [0.15, 0.2) is 0 Å². The molecule has 0 atom stereocenters. The van der Waals surface area contributed by atoms with E-state index in [0.717, 1.165) is 11.4 Å². The van der Waals surface area contributed by atoms with Crippen LogP contribution in [0.1, 0.15) is 11.4 Å². The molecule has 1 N–H and O–H groups in total. The highest BCUT2D eigenvalue weighted by molar-refractivity contribution is 7.89. The van der Waals surface area contributed by atoms with Crippen molar-refractivity contribution in [3.8, 4) is 11.5 Å². The van der Waals surface area contributed by atoms with Gasteiger partial charge in [0.1, 0.15) is 16.4 Å². The van der Waals surface area contributed by atoms with Crippen LogP contribution in [-0.4, -0.2) is 43.5 Å². The number of nitrogens with one attached hydrogen (secondary N) is 1. The minimum absolute atomic E-state index is 0.109. The van der Waals surface area contributed by atoms with Crippen molar-refractivity contribution in [3.63, 3.8) is 0 Å². The van der Waals surface area contributed by atoms with Crippen molar-refractivity contribution in [2.45, 2.75) is 17.9 Å². The predicted octanol–water partition coefficient (Wildman–Crippen LogP) is 1.17. The van der Waals surface area contributed by atoms with Crippen molar-refractivity contribution in [1.82, 2.24) is 14.3 Å². The maximum atomic E-state index is 12.9. The molecule has 8 heteroatoms. The number of imidazole rings is 1. The molecule has 2 heterocycles. The highest BCUT2D eigenvalue weighted by Crippen LogP contribution is 2.32. The summed E-state index contributed by atoms with van der Waals surface area (Å²) in [7, 11) is -0.733. The second-order valence-electron chi connectivity index (χ2n) is 4.93. The lowest BCUT2D eigenvalue weighted by Gasteiger charge is -2.26. The zero-order chi connectivity index (χ0) is 15.7. The second kappa shape index (κ2) is 5.62. The molecule has 0 saturated heterocycles. The molecule has 1 aromatic carbocycles. The van der Waals surface area contributed by atoms with Gasteiger partial charge in [-0.25, -0.2) is 13.4 Å². The molecule has 0 spiro atoms. The quantitative estimate of drug-likeness (QED) is 0.913. The van der Waals surface area contributed by atoms with Gasteiger partial charge in [0.2, 0.25) is 10.0 Å². The van der Waals surface area contributed by atoms with Gasteiger partial charge in [-0.2, -0.15) is 4.31 Å². The lowest BCUT2D eigenvalue weighted by Crippen LogP contribution is -2.36. The van der Waals surface area contributed by atoms with Crippen LogP contribution in [0.4, 0.5) is 0 Å². The van der Waals surface area contributed by atoms with E-state index in [1.165, 1.54) is 24.6 Å². The summed E-state index contributed by atoms with van der Waals surface area (Å²) in [5.74, 6) is 0.773. The zero-order valence-corrected chi connectivity index (χ0v) is 13.2. The summed E-state index contributed by atoms with van der Waals surface area (Å²) in [5.41, 5.74) is 1.75. The number of hydrogen-bond donors (Lipinski definition) is 1. The number of ether oxygens (including phenoxy) is 2. The molecule has 0 radical (unpaired) electrons. The molecule has 0 saturated carbocycles. The minimum atomic E-state index is -3.68. The van der Waals surface area contributed by atoms with Gasteiger partial charge in [0.05, 0.1) is 38.5 Å². The molecule has 0 fully saturated rings. The average Bonchev–Trinajstić information content (AvgIpc) is 3.01. The van der Waals surface area contributed by atoms with E-state index in [-0.39, 0.29) is 11.4 Å². The van der Waals surface area contributed by atoms with Crippen molar-refractivity contribution in [2.75, 3.05) is 20.8 Å². The number of fused-ring (bicyclic) bond motifs is 1. The first-order valence-corrected chi connectivity index (χ1v) is 8.23. The second-order valence-corrected chi connectivity index (χ2v) is 6.84. The van der Waals surface area contributed by atoms with Crippen LogP contribution in [0.5, 0.6) is 11.5 Å². The molecule has 2 aromatic rings. The van der Waals surface area contributed by atoms with Crippen LogP contribution in [0.25, 0.3) is 0 Å². The van der Waals surface area contributed by atoms with Gasteiger partial charge >= 0.3 is 0 Å². The average molecular weight is 323 g/mol. The van der Waals surface area contributed by atoms with Crippen molar-refractivity contribution in [2.24, 2.45) is 0 Å². The number of nitrogens with zero attached hydrogens (tertiary/aromatic N) is 2. The molecule has 0 unspecified atom stereocenters.